The van der Waals surface area contributed by atoms with Crippen LogP contribution in [0.3, 0.4) is 0 Å². The maximum atomic E-state index is 11.4. The minimum atomic E-state index is -1.02. The number of nitro benzene ring substituents is 1. The molecule has 0 aliphatic heterocycles. The van der Waals surface area contributed by atoms with Crippen molar-refractivity contribution in [2.45, 2.75) is 6.04 Å². The Labute approximate surface area is 134 Å². The summed E-state index contributed by atoms with van der Waals surface area (Å²) in [6, 6.07) is 12.1. The molecule has 0 aromatic heterocycles. The number of benzene rings is 2. The molecule has 0 spiro atoms. The van der Waals surface area contributed by atoms with Gasteiger partial charge in [0.25, 0.3) is 5.69 Å². The molecule has 2 aromatic carbocycles. The fourth-order valence-electron chi connectivity index (χ4n) is 1.82. The molecule has 0 radical (unpaired) electrons. The van der Waals surface area contributed by atoms with Crippen LogP contribution in [0.5, 0.6) is 0 Å². The number of hydrogen-bond donors (Lipinski definition) is 2. The zero-order valence-electron chi connectivity index (χ0n) is 10.7. The molecule has 0 saturated heterocycles. The monoisotopic (exact) mass is 398 g/mol. The van der Waals surface area contributed by atoms with Crippen molar-refractivity contribution in [2.75, 3.05) is 5.32 Å². The predicted octanol–water partition coefficient (Wildman–Crippen LogP) is 3.44. The van der Waals surface area contributed by atoms with Crippen molar-refractivity contribution in [1.82, 2.24) is 0 Å². The van der Waals surface area contributed by atoms with Crippen LogP contribution in [0, 0.1) is 13.7 Å². The first kappa shape index (κ1) is 15.2. The van der Waals surface area contributed by atoms with Gasteiger partial charge in [-0.3, -0.25) is 10.1 Å². The summed E-state index contributed by atoms with van der Waals surface area (Å²) < 4.78 is 0.587. The fraction of sp³-hybridized carbons (Fsp3) is 0.0714. The molecule has 1 atom stereocenters. The van der Waals surface area contributed by atoms with Crippen molar-refractivity contribution < 1.29 is 14.8 Å². The maximum Gasteiger partial charge on any atom is 0.330 e. The highest BCUT2D eigenvalue weighted by Crippen LogP contribution is 2.27. The minimum absolute atomic E-state index is 0.0310. The Morgan fingerprint density at radius 1 is 1.24 bits per heavy atom. The second kappa shape index (κ2) is 6.53. The van der Waals surface area contributed by atoms with Gasteiger partial charge in [-0.25, -0.2) is 4.79 Å². The number of carbonyl (C=O) groups is 1. The van der Waals surface area contributed by atoms with Gasteiger partial charge in [-0.15, -0.1) is 0 Å². The van der Waals surface area contributed by atoms with E-state index in [4.69, 9.17) is 0 Å². The summed E-state index contributed by atoms with van der Waals surface area (Å²) in [6.45, 7) is 0. The van der Waals surface area contributed by atoms with Crippen molar-refractivity contribution >= 4 is 39.9 Å². The Bertz CT molecular complexity index is 676. The van der Waals surface area contributed by atoms with Gasteiger partial charge in [0, 0.05) is 21.4 Å². The van der Waals surface area contributed by atoms with E-state index in [2.05, 4.69) is 5.32 Å². The topological polar surface area (TPSA) is 92.5 Å². The zero-order valence-corrected chi connectivity index (χ0v) is 12.9. The lowest BCUT2D eigenvalue weighted by atomic mass is 10.1. The van der Waals surface area contributed by atoms with Crippen molar-refractivity contribution in [3.05, 3.63) is 67.8 Å². The molecule has 0 saturated carbocycles. The van der Waals surface area contributed by atoms with Crippen LogP contribution in [0.25, 0.3) is 0 Å². The molecular weight excluding hydrogens is 387 g/mol. The van der Waals surface area contributed by atoms with E-state index >= 15 is 0 Å². The molecule has 0 bridgehead atoms. The molecule has 0 aliphatic rings. The number of nitro groups is 1. The first-order valence-corrected chi connectivity index (χ1v) is 7.05. The van der Waals surface area contributed by atoms with E-state index < -0.39 is 16.9 Å². The molecule has 108 valence electrons. The van der Waals surface area contributed by atoms with Crippen LogP contribution in [0.1, 0.15) is 11.6 Å². The molecule has 0 aliphatic carbocycles. The van der Waals surface area contributed by atoms with Gasteiger partial charge in [-0.2, -0.15) is 0 Å². The van der Waals surface area contributed by atoms with Crippen LogP contribution in [0.4, 0.5) is 11.4 Å². The average Bonchev–Trinajstić information content (AvgIpc) is 2.46. The Balaban J connectivity index is 2.30. The number of halogens is 1. The van der Waals surface area contributed by atoms with Gasteiger partial charge in [-0.1, -0.05) is 30.3 Å². The Morgan fingerprint density at radius 3 is 2.43 bits per heavy atom. The second-order valence-electron chi connectivity index (χ2n) is 4.25. The third-order valence-corrected chi connectivity index (χ3v) is 3.74. The van der Waals surface area contributed by atoms with Crippen molar-refractivity contribution in [1.29, 1.82) is 0 Å². The van der Waals surface area contributed by atoms with Crippen molar-refractivity contribution in [2.24, 2.45) is 0 Å². The number of aliphatic carboxylic acids is 1. The summed E-state index contributed by atoms with van der Waals surface area (Å²) >= 11 is 1.94. The van der Waals surface area contributed by atoms with E-state index in [1.165, 1.54) is 18.2 Å². The molecule has 1 unspecified atom stereocenters. The predicted molar refractivity (Wildman–Crippen MR) is 86.3 cm³/mol. The number of non-ortho nitro benzene ring substituents is 1. The highest BCUT2D eigenvalue weighted by Gasteiger charge is 2.20. The molecule has 2 rings (SSSR count). The number of nitrogens with zero attached hydrogens (tertiary/aromatic N) is 1. The van der Waals surface area contributed by atoms with E-state index in [9.17, 15) is 20.0 Å². The van der Waals surface area contributed by atoms with Crippen LogP contribution in [0.2, 0.25) is 0 Å². The number of anilines is 1. The quantitative estimate of drug-likeness (QED) is 0.458. The number of hydrogen-bond acceptors (Lipinski definition) is 4. The lowest BCUT2D eigenvalue weighted by Gasteiger charge is -2.17. The third-order valence-electron chi connectivity index (χ3n) is 2.84. The second-order valence-corrected chi connectivity index (χ2v) is 5.41. The van der Waals surface area contributed by atoms with Crippen LogP contribution < -0.4 is 5.32 Å². The summed E-state index contributed by atoms with van der Waals surface area (Å²) in [4.78, 5) is 21.6. The Hall–Kier alpha value is -2.16. The summed E-state index contributed by atoms with van der Waals surface area (Å²) in [5, 5.41) is 23.0. The fourth-order valence-corrected chi connectivity index (χ4v) is 2.48. The normalized spacial score (nSPS) is 11.7. The van der Waals surface area contributed by atoms with Crippen LogP contribution >= 0.6 is 22.6 Å². The van der Waals surface area contributed by atoms with Crippen LogP contribution in [-0.4, -0.2) is 16.0 Å². The molecule has 7 heteroatoms. The SMILES string of the molecule is O=C(O)C(Nc1ccc([N+](=O)[O-])cc1I)c1ccccc1. The molecule has 0 fully saturated rings. The van der Waals surface area contributed by atoms with Gasteiger partial charge in [-0.05, 0) is 34.2 Å². The van der Waals surface area contributed by atoms with E-state index in [-0.39, 0.29) is 5.69 Å². The molecule has 2 N–H and O–H groups in total. The lowest BCUT2D eigenvalue weighted by molar-refractivity contribution is -0.384. The number of carboxylic acids is 1. The van der Waals surface area contributed by atoms with Crippen molar-refractivity contribution in [3.8, 4) is 0 Å². The molecule has 2 aromatic rings. The Kier molecular flexibility index (Phi) is 4.73. The third kappa shape index (κ3) is 3.69. The van der Waals surface area contributed by atoms with Crippen molar-refractivity contribution in [3.63, 3.8) is 0 Å². The van der Waals surface area contributed by atoms with E-state index in [0.29, 0.717) is 14.8 Å². The van der Waals surface area contributed by atoms with Gasteiger partial charge < -0.3 is 10.4 Å². The van der Waals surface area contributed by atoms with Gasteiger partial charge in [0.2, 0.25) is 0 Å². The minimum Gasteiger partial charge on any atom is -0.479 e. The largest absolute Gasteiger partial charge is 0.479 e. The van der Waals surface area contributed by atoms with E-state index in [0.717, 1.165) is 0 Å². The lowest BCUT2D eigenvalue weighted by Crippen LogP contribution is -2.20. The molecule has 21 heavy (non-hydrogen) atoms. The molecule has 0 amide bonds. The summed E-state index contributed by atoms with van der Waals surface area (Å²) in [6.07, 6.45) is 0. The van der Waals surface area contributed by atoms with E-state index in [1.54, 1.807) is 30.3 Å². The summed E-state index contributed by atoms with van der Waals surface area (Å²) in [7, 11) is 0. The molecule has 0 heterocycles. The first-order chi connectivity index (χ1) is 9.99. The van der Waals surface area contributed by atoms with E-state index in [1.807, 2.05) is 22.6 Å². The number of carboxylic acid groups (broad SMARTS) is 1. The van der Waals surface area contributed by atoms with Gasteiger partial charge >= 0.3 is 5.97 Å². The standard InChI is InChI=1S/C14H11IN2O4/c15-11-8-10(17(20)21)6-7-12(11)16-13(14(18)19)9-4-2-1-3-5-9/h1-8,13,16H,(H,18,19). The number of nitrogens with one attached hydrogen (secondary N) is 1. The highest BCUT2D eigenvalue weighted by molar-refractivity contribution is 14.1. The zero-order chi connectivity index (χ0) is 15.4. The van der Waals surface area contributed by atoms with Gasteiger partial charge in [0.1, 0.15) is 0 Å². The average molecular weight is 398 g/mol. The van der Waals surface area contributed by atoms with Gasteiger partial charge in [0.15, 0.2) is 6.04 Å². The number of rotatable bonds is 5. The maximum absolute atomic E-state index is 11.4. The van der Waals surface area contributed by atoms with Gasteiger partial charge in [0.05, 0.1) is 4.92 Å². The summed E-state index contributed by atoms with van der Waals surface area (Å²) in [5.74, 6) is -1.02. The molecular formula is C14H11IN2O4. The Morgan fingerprint density at radius 2 is 1.90 bits per heavy atom. The summed E-state index contributed by atoms with van der Waals surface area (Å²) in [5.41, 5.74) is 1.12. The first-order valence-electron chi connectivity index (χ1n) is 5.97. The molecule has 6 nitrogen and oxygen atoms in total. The smallest absolute Gasteiger partial charge is 0.330 e. The van der Waals surface area contributed by atoms with Crippen LogP contribution in [0.15, 0.2) is 48.5 Å². The van der Waals surface area contributed by atoms with Crippen LogP contribution in [-0.2, 0) is 4.79 Å². The highest BCUT2D eigenvalue weighted by atomic mass is 127.